The van der Waals surface area contributed by atoms with Gasteiger partial charge in [0.1, 0.15) is 0 Å². The van der Waals surface area contributed by atoms with Gasteiger partial charge in [0.15, 0.2) is 0 Å². The van der Waals surface area contributed by atoms with Crippen molar-refractivity contribution in [3.63, 3.8) is 0 Å². The van der Waals surface area contributed by atoms with Crippen molar-refractivity contribution >= 4 is 12.1 Å². The molecule has 0 aliphatic carbocycles. The third-order valence-corrected chi connectivity index (χ3v) is 2.58. The van der Waals surface area contributed by atoms with Gasteiger partial charge in [-0.15, -0.1) is 0 Å². The molecule has 1 N–H and O–H groups in total. The van der Waals surface area contributed by atoms with Crippen LogP contribution in [0.1, 0.15) is 46.5 Å². The molecule has 1 amide bonds. The molecule has 0 aliphatic heterocycles. The van der Waals surface area contributed by atoms with Gasteiger partial charge in [-0.05, 0) is 19.8 Å². The zero-order valence-corrected chi connectivity index (χ0v) is 10.9. The Balaban J connectivity index is 4.60. The minimum atomic E-state index is -0.886. The summed E-state index contributed by atoms with van der Waals surface area (Å²) in [6.07, 6.45) is 2.00. The normalized spacial score (nSPS) is 11.9. The number of carboxylic acid groups (broad SMARTS) is 1. The third-order valence-electron chi connectivity index (χ3n) is 2.58. The summed E-state index contributed by atoms with van der Waals surface area (Å²) in [5.41, 5.74) is 0. The second-order valence-corrected chi connectivity index (χ2v) is 3.91. The van der Waals surface area contributed by atoms with Crippen LogP contribution in [0, 0.1) is 0 Å². The van der Waals surface area contributed by atoms with Gasteiger partial charge in [0.2, 0.25) is 0 Å². The summed E-state index contributed by atoms with van der Waals surface area (Å²) in [7, 11) is 0. The highest BCUT2D eigenvalue weighted by atomic mass is 16.6. The first-order chi connectivity index (χ1) is 8.06. The van der Waals surface area contributed by atoms with E-state index in [9.17, 15) is 9.59 Å². The predicted molar refractivity (Wildman–Crippen MR) is 65.0 cm³/mol. The maximum Gasteiger partial charge on any atom is 0.410 e. The lowest BCUT2D eigenvalue weighted by Gasteiger charge is -2.29. The molecule has 0 saturated carbocycles. The second-order valence-electron chi connectivity index (χ2n) is 3.91. The molecule has 5 heteroatoms. The quantitative estimate of drug-likeness (QED) is 0.713. The van der Waals surface area contributed by atoms with E-state index in [1.165, 1.54) is 0 Å². The molecule has 0 rings (SSSR count). The van der Waals surface area contributed by atoms with Gasteiger partial charge in [0.05, 0.1) is 13.0 Å². The van der Waals surface area contributed by atoms with E-state index < -0.39 is 12.1 Å². The zero-order valence-electron chi connectivity index (χ0n) is 10.9. The molecule has 0 radical (unpaired) electrons. The van der Waals surface area contributed by atoms with Crippen molar-refractivity contribution in [3.05, 3.63) is 0 Å². The maximum atomic E-state index is 11.7. The molecule has 1 atom stereocenters. The fourth-order valence-electron chi connectivity index (χ4n) is 1.63. The monoisotopic (exact) mass is 245 g/mol. The smallest absolute Gasteiger partial charge is 0.410 e. The molecular formula is C12H23NO4. The summed E-state index contributed by atoms with van der Waals surface area (Å²) < 4.78 is 4.96. The minimum Gasteiger partial charge on any atom is -0.481 e. The summed E-state index contributed by atoms with van der Waals surface area (Å²) >= 11 is 0. The molecule has 1 unspecified atom stereocenters. The zero-order chi connectivity index (χ0) is 13.3. The Hall–Kier alpha value is -1.26. The molecule has 17 heavy (non-hydrogen) atoms. The number of nitrogens with zero attached hydrogens (tertiary/aromatic N) is 1. The summed E-state index contributed by atoms with van der Waals surface area (Å²) in [5, 5.41) is 8.82. The van der Waals surface area contributed by atoms with Crippen LogP contribution in [0.25, 0.3) is 0 Å². The van der Waals surface area contributed by atoms with Crippen LogP contribution >= 0.6 is 0 Å². The number of carboxylic acids is 1. The second kappa shape index (κ2) is 8.84. The van der Waals surface area contributed by atoms with E-state index in [0.717, 1.165) is 12.8 Å². The average Bonchev–Trinajstić information content (AvgIpc) is 2.27. The maximum absolute atomic E-state index is 11.7. The standard InChI is InChI=1S/C12H23NO4/c1-4-7-8-13(12(16)17-6-3)10(5-2)9-11(14)15/h10H,4-9H2,1-3H3,(H,14,15). The molecule has 0 aromatic heterocycles. The molecule has 0 spiro atoms. The van der Waals surface area contributed by atoms with Gasteiger partial charge >= 0.3 is 12.1 Å². The molecule has 0 aliphatic rings. The topological polar surface area (TPSA) is 66.8 Å². The first-order valence-corrected chi connectivity index (χ1v) is 6.21. The van der Waals surface area contributed by atoms with Crippen LogP contribution in [0.15, 0.2) is 0 Å². The first kappa shape index (κ1) is 15.7. The fraction of sp³-hybridized carbons (Fsp3) is 0.833. The Morgan fingerprint density at radius 1 is 1.29 bits per heavy atom. The van der Waals surface area contributed by atoms with Gasteiger partial charge in [-0.3, -0.25) is 4.79 Å². The van der Waals surface area contributed by atoms with Crippen LogP contribution in [0.5, 0.6) is 0 Å². The molecule has 0 saturated heterocycles. The van der Waals surface area contributed by atoms with E-state index in [0.29, 0.717) is 19.6 Å². The van der Waals surface area contributed by atoms with E-state index in [1.807, 2.05) is 13.8 Å². The number of carbonyl (C=O) groups excluding carboxylic acids is 1. The van der Waals surface area contributed by atoms with Crippen LogP contribution < -0.4 is 0 Å². The number of hydrogen-bond donors (Lipinski definition) is 1. The number of amides is 1. The molecule has 5 nitrogen and oxygen atoms in total. The molecule has 100 valence electrons. The number of carbonyl (C=O) groups is 2. The number of rotatable bonds is 8. The molecule has 0 aromatic carbocycles. The molecular weight excluding hydrogens is 222 g/mol. The van der Waals surface area contributed by atoms with Gasteiger partial charge in [-0.25, -0.2) is 4.79 Å². The van der Waals surface area contributed by atoms with E-state index in [4.69, 9.17) is 9.84 Å². The highest BCUT2D eigenvalue weighted by Crippen LogP contribution is 2.12. The third kappa shape index (κ3) is 6.14. The minimum absolute atomic E-state index is 0.0287. The van der Waals surface area contributed by atoms with Crippen LogP contribution in [-0.2, 0) is 9.53 Å². The number of hydrogen-bond acceptors (Lipinski definition) is 3. The SMILES string of the molecule is CCCCN(C(=O)OCC)C(CC)CC(=O)O. The van der Waals surface area contributed by atoms with E-state index in [-0.39, 0.29) is 12.5 Å². The lowest BCUT2D eigenvalue weighted by molar-refractivity contribution is -0.138. The average molecular weight is 245 g/mol. The predicted octanol–water partition coefficient (Wildman–Crippen LogP) is 2.50. The van der Waals surface area contributed by atoms with Crippen molar-refractivity contribution in [2.24, 2.45) is 0 Å². The lowest BCUT2D eigenvalue weighted by atomic mass is 10.1. The van der Waals surface area contributed by atoms with Crippen molar-refractivity contribution in [2.45, 2.75) is 52.5 Å². The summed E-state index contributed by atoms with van der Waals surface area (Å²) in [6, 6.07) is -0.280. The first-order valence-electron chi connectivity index (χ1n) is 6.21. The van der Waals surface area contributed by atoms with E-state index >= 15 is 0 Å². The lowest BCUT2D eigenvalue weighted by Crippen LogP contribution is -2.42. The molecule has 0 fully saturated rings. The van der Waals surface area contributed by atoms with Crippen LogP contribution in [-0.4, -0.2) is 41.3 Å². The van der Waals surface area contributed by atoms with E-state index in [1.54, 1.807) is 11.8 Å². The summed E-state index contributed by atoms with van der Waals surface area (Å²) in [5.74, 6) is -0.886. The summed E-state index contributed by atoms with van der Waals surface area (Å²) in [6.45, 7) is 6.52. The van der Waals surface area contributed by atoms with Crippen molar-refractivity contribution < 1.29 is 19.4 Å². The van der Waals surface area contributed by atoms with Gasteiger partial charge in [-0.1, -0.05) is 20.3 Å². The largest absolute Gasteiger partial charge is 0.481 e. The van der Waals surface area contributed by atoms with Crippen molar-refractivity contribution in [3.8, 4) is 0 Å². The van der Waals surface area contributed by atoms with E-state index in [2.05, 4.69) is 0 Å². The fourth-order valence-corrected chi connectivity index (χ4v) is 1.63. The highest BCUT2D eigenvalue weighted by Gasteiger charge is 2.24. The van der Waals surface area contributed by atoms with Crippen molar-refractivity contribution in [2.75, 3.05) is 13.2 Å². The Kier molecular flexibility index (Phi) is 8.19. The van der Waals surface area contributed by atoms with Gasteiger partial charge in [0, 0.05) is 12.6 Å². The number of unbranched alkanes of at least 4 members (excludes halogenated alkanes) is 1. The Labute approximate surface area is 103 Å². The van der Waals surface area contributed by atoms with Gasteiger partial charge in [-0.2, -0.15) is 0 Å². The van der Waals surface area contributed by atoms with Crippen molar-refractivity contribution in [1.29, 1.82) is 0 Å². The highest BCUT2D eigenvalue weighted by molar-refractivity contribution is 5.71. The summed E-state index contributed by atoms with van der Waals surface area (Å²) in [4.78, 5) is 24.0. The molecule has 0 heterocycles. The van der Waals surface area contributed by atoms with Gasteiger partial charge < -0.3 is 14.7 Å². The van der Waals surface area contributed by atoms with Crippen LogP contribution in [0.2, 0.25) is 0 Å². The number of ether oxygens (including phenoxy) is 1. The Bertz CT molecular complexity index is 243. The van der Waals surface area contributed by atoms with Crippen LogP contribution in [0.4, 0.5) is 4.79 Å². The Morgan fingerprint density at radius 3 is 2.35 bits per heavy atom. The number of aliphatic carboxylic acids is 1. The molecule has 0 bridgehead atoms. The molecule has 0 aromatic rings. The Morgan fingerprint density at radius 2 is 1.94 bits per heavy atom. The van der Waals surface area contributed by atoms with Gasteiger partial charge in [0.25, 0.3) is 0 Å². The van der Waals surface area contributed by atoms with Crippen molar-refractivity contribution in [1.82, 2.24) is 4.90 Å². The van der Waals surface area contributed by atoms with Crippen LogP contribution in [0.3, 0.4) is 0 Å².